The zero-order chi connectivity index (χ0) is 17.5. The first-order chi connectivity index (χ1) is 11.5. The number of carbonyl (C=O) groups is 2. The van der Waals surface area contributed by atoms with Gasteiger partial charge in [0.1, 0.15) is 6.61 Å². The zero-order valence-corrected chi connectivity index (χ0v) is 14.6. The molecule has 0 unspecified atom stereocenters. The molecular weight excluding hydrogens is 312 g/mol. The summed E-state index contributed by atoms with van der Waals surface area (Å²) in [6.45, 7) is 7.03. The molecule has 2 atom stereocenters. The number of amides is 2. The van der Waals surface area contributed by atoms with Crippen molar-refractivity contribution in [2.45, 2.75) is 52.6 Å². The molecule has 8 heteroatoms. The fraction of sp³-hybridized carbons (Fsp3) is 0.750. The van der Waals surface area contributed by atoms with Crippen molar-refractivity contribution in [3.8, 4) is 0 Å². The molecule has 1 aromatic heterocycles. The Bertz CT molecular complexity index is 560. The molecule has 1 N–H and O–H groups in total. The minimum atomic E-state index is -0.121. The normalized spacial score (nSPS) is 20.1. The number of carbonyl (C=O) groups excluding carboxylic acids is 2. The molecular formula is C16H26N4O4. The number of aromatic nitrogens is 2. The largest absolute Gasteiger partial charge is 0.372 e. The summed E-state index contributed by atoms with van der Waals surface area (Å²) in [6, 6.07) is 0.0398. The number of ether oxygens (including phenoxy) is 1. The Morgan fingerprint density at radius 1 is 1.38 bits per heavy atom. The van der Waals surface area contributed by atoms with Gasteiger partial charge in [0.05, 0.1) is 6.54 Å². The van der Waals surface area contributed by atoms with Crippen LogP contribution in [0.15, 0.2) is 4.52 Å². The Morgan fingerprint density at radius 2 is 2.17 bits per heavy atom. The molecule has 0 aromatic carbocycles. The lowest BCUT2D eigenvalue weighted by Gasteiger charge is -2.23. The summed E-state index contributed by atoms with van der Waals surface area (Å²) < 4.78 is 10.0. The summed E-state index contributed by atoms with van der Waals surface area (Å²) in [7, 11) is 0. The Balaban J connectivity index is 1.84. The van der Waals surface area contributed by atoms with Crippen molar-refractivity contribution in [2.75, 3.05) is 19.8 Å². The van der Waals surface area contributed by atoms with Crippen LogP contribution in [0.4, 0.5) is 0 Å². The third kappa shape index (κ3) is 5.02. The molecule has 0 radical (unpaired) electrons. The van der Waals surface area contributed by atoms with E-state index in [4.69, 9.17) is 9.26 Å². The van der Waals surface area contributed by atoms with E-state index < -0.39 is 0 Å². The maximum Gasteiger partial charge on any atom is 0.246 e. The molecule has 1 fully saturated rings. The molecule has 1 heterocycles. The molecule has 2 rings (SSSR count). The smallest absolute Gasteiger partial charge is 0.246 e. The van der Waals surface area contributed by atoms with Crippen LogP contribution < -0.4 is 5.32 Å². The fourth-order valence-electron chi connectivity index (χ4n) is 2.98. The standard InChI is InChI=1S/C16H26N4O4/c1-4-20(9-14-17-11(3)24-19-14)16(22)12-6-7-13(8-12)18-15(21)10-23-5-2/h12-13H,4-10H2,1-3H3,(H,18,21)/t12-,13+/m0/s1. The fourth-order valence-corrected chi connectivity index (χ4v) is 2.98. The first kappa shape index (κ1) is 18.4. The van der Waals surface area contributed by atoms with Gasteiger partial charge in [0.2, 0.25) is 17.7 Å². The third-order valence-corrected chi connectivity index (χ3v) is 4.18. The molecule has 0 aliphatic heterocycles. The van der Waals surface area contributed by atoms with Gasteiger partial charge in [0, 0.05) is 32.0 Å². The molecule has 2 amide bonds. The molecule has 8 nitrogen and oxygen atoms in total. The van der Waals surface area contributed by atoms with Crippen LogP contribution in [0.1, 0.15) is 44.8 Å². The van der Waals surface area contributed by atoms with E-state index >= 15 is 0 Å². The van der Waals surface area contributed by atoms with Crippen LogP contribution in [0.2, 0.25) is 0 Å². The van der Waals surface area contributed by atoms with E-state index in [1.54, 1.807) is 11.8 Å². The summed E-state index contributed by atoms with van der Waals surface area (Å²) in [6.07, 6.45) is 2.26. The van der Waals surface area contributed by atoms with Crippen molar-refractivity contribution in [3.05, 3.63) is 11.7 Å². The number of rotatable bonds is 8. The quantitative estimate of drug-likeness (QED) is 0.761. The Morgan fingerprint density at radius 3 is 2.79 bits per heavy atom. The van der Waals surface area contributed by atoms with Crippen LogP contribution in [0, 0.1) is 12.8 Å². The van der Waals surface area contributed by atoms with Crippen LogP contribution in [-0.4, -0.2) is 52.7 Å². The van der Waals surface area contributed by atoms with Crippen LogP contribution in [0.3, 0.4) is 0 Å². The van der Waals surface area contributed by atoms with Crippen LogP contribution in [-0.2, 0) is 20.9 Å². The third-order valence-electron chi connectivity index (χ3n) is 4.18. The van der Waals surface area contributed by atoms with E-state index in [1.165, 1.54) is 0 Å². The van der Waals surface area contributed by atoms with Crippen LogP contribution >= 0.6 is 0 Å². The maximum absolute atomic E-state index is 12.7. The molecule has 1 aromatic rings. The lowest BCUT2D eigenvalue weighted by Crippen LogP contribution is -2.38. The Hall–Kier alpha value is -1.96. The minimum Gasteiger partial charge on any atom is -0.372 e. The highest BCUT2D eigenvalue weighted by Crippen LogP contribution is 2.27. The molecule has 0 saturated heterocycles. The highest BCUT2D eigenvalue weighted by Gasteiger charge is 2.33. The second-order valence-corrected chi connectivity index (χ2v) is 5.99. The molecule has 1 aliphatic carbocycles. The molecule has 0 bridgehead atoms. The first-order valence-electron chi connectivity index (χ1n) is 8.48. The van der Waals surface area contributed by atoms with E-state index in [0.29, 0.717) is 37.8 Å². The zero-order valence-electron chi connectivity index (χ0n) is 14.6. The molecule has 1 aliphatic rings. The number of hydrogen-bond donors (Lipinski definition) is 1. The predicted molar refractivity (Wildman–Crippen MR) is 85.9 cm³/mol. The topological polar surface area (TPSA) is 97.6 Å². The van der Waals surface area contributed by atoms with Crippen molar-refractivity contribution in [1.82, 2.24) is 20.4 Å². The summed E-state index contributed by atoms with van der Waals surface area (Å²) >= 11 is 0. The van der Waals surface area contributed by atoms with Gasteiger partial charge in [0.15, 0.2) is 5.82 Å². The van der Waals surface area contributed by atoms with Gasteiger partial charge in [-0.25, -0.2) is 0 Å². The second-order valence-electron chi connectivity index (χ2n) is 5.99. The average molecular weight is 338 g/mol. The van der Waals surface area contributed by atoms with Crippen molar-refractivity contribution in [2.24, 2.45) is 5.92 Å². The van der Waals surface area contributed by atoms with Gasteiger partial charge in [0.25, 0.3) is 0 Å². The predicted octanol–water partition coefficient (Wildman–Crippen LogP) is 1.05. The van der Waals surface area contributed by atoms with Crippen molar-refractivity contribution >= 4 is 11.8 Å². The van der Waals surface area contributed by atoms with Crippen LogP contribution in [0.5, 0.6) is 0 Å². The summed E-state index contributed by atoms with van der Waals surface area (Å²) in [5, 5.41) is 6.78. The van der Waals surface area contributed by atoms with Gasteiger partial charge in [-0.1, -0.05) is 5.16 Å². The number of hydrogen-bond acceptors (Lipinski definition) is 6. The molecule has 24 heavy (non-hydrogen) atoms. The van der Waals surface area contributed by atoms with Gasteiger partial charge in [-0.2, -0.15) is 4.98 Å². The first-order valence-corrected chi connectivity index (χ1v) is 8.48. The summed E-state index contributed by atoms with van der Waals surface area (Å²) in [5.41, 5.74) is 0. The van der Waals surface area contributed by atoms with Crippen molar-refractivity contribution in [3.63, 3.8) is 0 Å². The van der Waals surface area contributed by atoms with Gasteiger partial charge in [-0.05, 0) is 33.1 Å². The Kier molecular flexibility index (Phi) is 6.72. The SMILES string of the molecule is CCOCC(=O)N[C@@H]1CC[C@H](C(=O)N(CC)Cc2noc(C)n2)C1. The van der Waals surface area contributed by atoms with Gasteiger partial charge in [-0.3, -0.25) is 9.59 Å². The highest BCUT2D eigenvalue weighted by molar-refractivity contribution is 5.80. The van der Waals surface area contributed by atoms with Crippen molar-refractivity contribution in [1.29, 1.82) is 0 Å². The second kappa shape index (κ2) is 8.77. The maximum atomic E-state index is 12.7. The molecule has 134 valence electrons. The lowest BCUT2D eigenvalue weighted by atomic mass is 10.1. The van der Waals surface area contributed by atoms with E-state index in [0.717, 1.165) is 12.8 Å². The number of aryl methyl sites for hydroxylation is 1. The average Bonchev–Trinajstić information content (AvgIpc) is 3.19. The lowest BCUT2D eigenvalue weighted by molar-refractivity contribution is -0.136. The van der Waals surface area contributed by atoms with E-state index in [9.17, 15) is 9.59 Å². The van der Waals surface area contributed by atoms with Gasteiger partial charge < -0.3 is 19.5 Å². The number of nitrogens with one attached hydrogen (secondary N) is 1. The van der Waals surface area contributed by atoms with Gasteiger partial charge in [-0.15, -0.1) is 0 Å². The van der Waals surface area contributed by atoms with Gasteiger partial charge >= 0.3 is 0 Å². The van der Waals surface area contributed by atoms with E-state index in [1.807, 2.05) is 13.8 Å². The highest BCUT2D eigenvalue weighted by atomic mass is 16.5. The summed E-state index contributed by atoms with van der Waals surface area (Å²) in [5.74, 6) is 0.898. The monoisotopic (exact) mass is 338 g/mol. The molecule has 0 spiro atoms. The minimum absolute atomic E-state index is 0.0398. The molecule has 1 saturated carbocycles. The summed E-state index contributed by atoms with van der Waals surface area (Å²) in [4.78, 5) is 30.3. The Labute approximate surface area is 141 Å². The van der Waals surface area contributed by atoms with E-state index in [-0.39, 0.29) is 30.4 Å². The van der Waals surface area contributed by atoms with E-state index in [2.05, 4.69) is 15.5 Å². The van der Waals surface area contributed by atoms with Crippen molar-refractivity contribution < 1.29 is 18.8 Å². The number of nitrogens with zero attached hydrogens (tertiary/aromatic N) is 3. The van der Waals surface area contributed by atoms with Crippen LogP contribution in [0.25, 0.3) is 0 Å².